The van der Waals surface area contributed by atoms with Crippen LogP contribution >= 0.6 is 0 Å². The van der Waals surface area contributed by atoms with Crippen molar-refractivity contribution in [3.63, 3.8) is 0 Å². The van der Waals surface area contributed by atoms with Gasteiger partial charge in [-0.1, -0.05) is 12.1 Å². The smallest absolute Gasteiger partial charge is 0.311 e. The zero-order chi connectivity index (χ0) is 16.1. The highest BCUT2D eigenvalue weighted by Gasteiger charge is 2.27. The summed E-state index contributed by atoms with van der Waals surface area (Å²) in [6, 6.07) is 7.15. The normalized spacial score (nSPS) is 14.8. The summed E-state index contributed by atoms with van der Waals surface area (Å²) in [4.78, 5) is 34.4. The minimum Gasteiger partial charge on any atom is -0.452 e. The van der Waals surface area contributed by atoms with Crippen molar-refractivity contribution in [3.8, 4) is 0 Å². The van der Waals surface area contributed by atoms with Crippen LogP contribution < -0.4 is 10.6 Å². The second-order valence-corrected chi connectivity index (χ2v) is 5.47. The molecule has 0 aromatic heterocycles. The Morgan fingerprint density at radius 1 is 1.23 bits per heavy atom. The van der Waals surface area contributed by atoms with E-state index in [0.717, 1.165) is 18.4 Å². The van der Waals surface area contributed by atoms with Crippen LogP contribution in [0.25, 0.3) is 0 Å². The number of carbonyl (C=O) groups is 3. The third kappa shape index (κ3) is 5.20. The standard InChI is InChI=1S/C16H20N2O4/c1-10(16(21)18-14-7-8-14)22-15(20)9-12-3-5-13(6-4-12)17-11(2)19/h3-6,10,14H,7-9H2,1-2H3,(H,17,19)(H,18,21). The third-order valence-electron chi connectivity index (χ3n) is 3.22. The Morgan fingerprint density at radius 2 is 1.86 bits per heavy atom. The lowest BCUT2D eigenvalue weighted by molar-refractivity contribution is -0.154. The first-order chi connectivity index (χ1) is 10.4. The second-order valence-electron chi connectivity index (χ2n) is 5.47. The molecule has 22 heavy (non-hydrogen) atoms. The summed E-state index contributed by atoms with van der Waals surface area (Å²) in [5, 5.41) is 5.44. The van der Waals surface area contributed by atoms with E-state index in [1.54, 1.807) is 31.2 Å². The van der Waals surface area contributed by atoms with Gasteiger partial charge in [0.15, 0.2) is 6.10 Å². The molecule has 1 saturated carbocycles. The number of nitrogens with one attached hydrogen (secondary N) is 2. The molecule has 0 spiro atoms. The minimum atomic E-state index is -0.785. The van der Waals surface area contributed by atoms with Gasteiger partial charge in [0, 0.05) is 18.7 Å². The van der Waals surface area contributed by atoms with Crippen LogP contribution in [0.4, 0.5) is 5.69 Å². The Kier molecular flexibility index (Phi) is 5.14. The van der Waals surface area contributed by atoms with Gasteiger partial charge in [-0.15, -0.1) is 0 Å². The van der Waals surface area contributed by atoms with Crippen molar-refractivity contribution >= 4 is 23.5 Å². The zero-order valence-corrected chi connectivity index (χ0v) is 12.7. The molecule has 0 heterocycles. The van der Waals surface area contributed by atoms with Crippen molar-refractivity contribution < 1.29 is 19.1 Å². The van der Waals surface area contributed by atoms with Crippen LogP contribution in [0.1, 0.15) is 32.3 Å². The fraction of sp³-hybridized carbons (Fsp3) is 0.438. The molecule has 1 fully saturated rings. The van der Waals surface area contributed by atoms with E-state index in [4.69, 9.17) is 4.74 Å². The summed E-state index contributed by atoms with van der Waals surface area (Å²) in [6.45, 7) is 2.99. The molecule has 2 N–H and O–H groups in total. The first-order valence-corrected chi connectivity index (χ1v) is 7.30. The Morgan fingerprint density at radius 3 is 2.41 bits per heavy atom. The van der Waals surface area contributed by atoms with Crippen molar-refractivity contribution in [3.05, 3.63) is 29.8 Å². The summed E-state index contributed by atoms with van der Waals surface area (Å²) in [5.41, 5.74) is 1.43. The van der Waals surface area contributed by atoms with Gasteiger partial charge in [-0.25, -0.2) is 0 Å². The lowest BCUT2D eigenvalue weighted by Crippen LogP contribution is -2.37. The molecule has 1 atom stereocenters. The van der Waals surface area contributed by atoms with Gasteiger partial charge in [-0.05, 0) is 37.5 Å². The molecular formula is C16H20N2O4. The molecule has 1 aromatic carbocycles. The molecule has 2 amide bonds. The molecule has 0 saturated heterocycles. The van der Waals surface area contributed by atoms with E-state index in [-0.39, 0.29) is 24.3 Å². The Labute approximate surface area is 129 Å². The van der Waals surface area contributed by atoms with Crippen LogP contribution in [-0.4, -0.2) is 29.9 Å². The monoisotopic (exact) mass is 304 g/mol. The highest BCUT2D eigenvalue weighted by molar-refractivity contribution is 5.88. The van der Waals surface area contributed by atoms with Crippen molar-refractivity contribution in [1.29, 1.82) is 0 Å². The number of amides is 2. The fourth-order valence-electron chi connectivity index (χ4n) is 1.91. The second kappa shape index (κ2) is 7.06. The van der Waals surface area contributed by atoms with E-state index < -0.39 is 12.1 Å². The van der Waals surface area contributed by atoms with E-state index >= 15 is 0 Å². The molecule has 0 aliphatic heterocycles. The van der Waals surface area contributed by atoms with Gasteiger partial charge in [-0.2, -0.15) is 0 Å². The summed E-state index contributed by atoms with van der Waals surface area (Å²) < 4.78 is 5.12. The number of esters is 1. The van der Waals surface area contributed by atoms with Gasteiger partial charge in [0.2, 0.25) is 5.91 Å². The quantitative estimate of drug-likeness (QED) is 0.778. The summed E-state index contributed by atoms with van der Waals surface area (Å²) in [5.74, 6) is -0.856. The van der Waals surface area contributed by atoms with Gasteiger partial charge >= 0.3 is 5.97 Å². The van der Waals surface area contributed by atoms with Crippen molar-refractivity contribution in [2.75, 3.05) is 5.32 Å². The maximum Gasteiger partial charge on any atom is 0.311 e. The van der Waals surface area contributed by atoms with Gasteiger partial charge in [0.25, 0.3) is 5.91 Å². The minimum absolute atomic E-state index is 0.0847. The zero-order valence-electron chi connectivity index (χ0n) is 12.7. The van der Waals surface area contributed by atoms with Crippen LogP contribution in [0.3, 0.4) is 0 Å². The number of rotatable bonds is 6. The molecule has 1 aliphatic carbocycles. The van der Waals surface area contributed by atoms with Gasteiger partial charge in [0.05, 0.1) is 6.42 Å². The van der Waals surface area contributed by atoms with Crippen molar-refractivity contribution in [2.24, 2.45) is 0 Å². The van der Waals surface area contributed by atoms with Gasteiger partial charge in [0.1, 0.15) is 0 Å². The number of anilines is 1. The van der Waals surface area contributed by atoms with Crippen LogP contribution in [0.5, 0.6) is 0 Å². The average Bonchev–Trinajstić information content (AvgIpc) is 3.24. The average molecular weight is 304 g/mol. The molecule has 0 radical (unpaired) electrons. The predicted octanol–water partition coefficient (Wildman–Crippen LogP) is 1.40. The lowest BCUT2D eigenvalue weighted by Gasteiger charge is -2.13. The van der Waals surface area contributed by atoms with Crippen LogP contribution in [-0.2, 0) is 25.5 Å². The molecule has 1 unspecified atom stereocenters. The first-order valence-electron chi connectivity index (χ1n) is 7.30. The SMILES string of the molecule is CC(=O)Nc1ccc(CC(=O)OC(C)C(=O)NC2CC2)cc1. The maximum atomic E-state index is 11.8. The molecular weight excluding hydrogens is 284 g/mol. The largest absolute Gasteiger partial charge is 0.452 e. The van der Waals surface area contributed by atoms with E-state index in [1.165, 1.54) is 6.92 Å². The van der Waals surface area contributed by atoms with Crippen LogP contribution in [0.2, 0.25) is 0 Å². The maximum absolute atomic E-state index is 11.8. The van der Waals surface area contributed by atoms with Crippen molar-refractivity contribution in [2.45, 2.75) is 45.3 Å². The molecule has 2 rings (SSSR count). The topological polar surface area (TPSA) is 84.5 Å². The van der Waals surface area contributed by atoms with Crippen molar-refractivity contribution in [1.82, 2.24) is 5.32 Å². The predicted molar refractivity (Wildman–Crippen MR) is 81.2 cm³/mol. The fourth-order valence-corrected chi connectivity index (χ4v) is 1.91. The number of hydrogen-bond donors (Lipinski definition) is 2. The van der Waals surface area contributed by atoms with Crippen LogP contribution in [0.15, 0.2) is 24.3 Å². The summed E-state index contributed by atoms with van der Waals surface area (Å²) >= 11 is 0. The molecule has 0 bridgehead atoms. The van der Waals surface area contributed by atoms with E-state index in [9.17, 15) is 14.4 Å². The molecule has 118 valence electrons. The number of benzene rings is 1. The highest BCUT2D eigenvalue weighted by atomic mass is 16.5. The Balaban J connectivity index is 1.80. The lowest BCUT2D eigenvalue weighted by atomic mass is 10.1. The highest BCUT2D eigenvalue weighted by Crippen LogP contribution is 2.19. The van der Waals surface area contributed by atoms with E-state index in [2.05, 4.69) is 10.6 Å². The van der Waals surface area contributed by atoms with E-state index in [0.29, 0.717) is 5.69 Å². The number of carbonyl (C=O) groups excluding carboxylic acids is 3. The molecule has 1 aromatic rings. The first kappa shape index (κ1) is 16.0. The summed E-state index contributed by atoms with van der Waals surface area (Å²) in [7, 11) is 0. The molecule has 6 heteroatoms. The third-order valence-corrected chi connectivity index (χ3v) is 3.22. The van der Waals surface area contributed by atoms with Gasteiger partial charge < -0.3 is 15.4 Å². The Bertz CT molecular complexity index is 564. The summed E-state index contributed by atoms with van der Waals surface area (Å²) in [6.07, 6.45) is 1.29. The Hall–Kier alpha value is -2.37. The molecule has 6 nitrogen and oxygen atoms in total. The number of hydrogen-bond acceptors (Lipinski definition) is 4. The number of ether oxygens (including phenoxy) is 1. The van der Waals surface area contributed by atoms with Crippen LogP contribution in [0, 0.1) is 0 Å². The molecule has 1 aliphatic rings. The van der Waals surface area contributed by atoms with Gasteiger partial charge in [-0.3, -0.25) is 14.4 Å². The van der Waals surface area contributed by atoms with E-state index in [1.807, 2.05) is 0 Å².